The number of likely N-dealkylation sites (tertiary alicyclic amines) is 1. The van der Waals surface area contributed by atoms with Gasteiger partial charge in [-0.2, -0.15) is 5.10 Å². The van der Waals surface area contributed by atoms with E-state index in [1.807, 2.05) is 17.9 Å². The van der Waals surface area contributed by atoms with Crippen molar-refractivity contribution in [3.8, 4) is 0 Å². The molecule has 1 aromatic heterocycles. The minimum atomic E-state index is 0.358. The number of hydrogen-bond acceptors (Lipinski definition) is 3. The average Bonchev–Trinajstić information content (AvgIpc) is 2.52. The smallest absolute Gasteiger partial charge is 0.0521 e. The minimum absolute atomic E-state index is 0.358. The van der Waals surface area contributed by atoms with Crippen LogP contribution in [0.3, 0.4) is 0 Å². The zero-order valence-electron chi connectivity index (χ0n) is 8.69. The van der Waals surface area contributed by atoms with Crippen molar-refractivity contribution < 1.29 is 0 Å². The van der Waals surface area contributed by atoms with Crippen LogP contribution in [-0.4, -0.2) is 33.8 Å². The van der Waals surface area contributed by atoms with Gasteiger partial charge in [-0.15, -0.1) is 0 Å². The summed E-state index contributed by atoms with van der Waals surface area (Å²) < 4.78 is 1.93. The number of aromatic nitrogens is 2. The van der Waals surface area contributed by atoms with Gasteiger partial charge in [0.25, 0.3) is 0 Å². The minimum Gasteiger partial charge on any atom is -0.327 e. The highest BCUT2D eigenvalue weighted by Crippen LogP contribution is 2.11. The molecule has 14 heavy (non-hydrogen) atoms. The highest BCUT2D eigenvalue weighted by molar-refractivity contribution is 5.00. The second-order valence-corrected chi connectivity index (χ2v) is 4.08. The molecule has 1 saturated heterocycles. The molecule has 1 aromatic rings. The van der Waals surface area contributed by atoms with Gasteiger partial charge in [-0.05, 0) is 25.5 Å². The second kappa shape index (κ2) is 4.11. The molecule has 1 aliphatic rings. The Morgan fingerprint density at radius 2 is 2.50 bits per heavy atom. The topological polar surface area (TPSA) is 47.1 Å². The quantitative estimate of drug-likeness (QED) is 0.738. The lowest BCUT2D eigenvalue weighted by atomic mass is 10.1. The fourth-order valence-electron chi connectivity index (χ4n) is 2.02. The van der Waals surface area contributed by atoms with Crippen molar-refractivity contribution in [2.24, 2.45) is 12.8 Å². The van der Waals surface area contributed by atoms with Gasteiger partial charge in [-0.25, -0.2) is 0 Å². The number of nitrogens with zero attached hydrogens (tertiary/aromatic N) is 3. The number of piperidine rings is 1. The van der Waals surface area contributed by atoms with E-state index in [9.17, 15) is 0 Å². The first-order valence-electron chi connectivity index (χ1n) is 5.20. The van der Waals surface area contributed by atoms with Crippen LogP contribution in [0.2, 0.25) is 0 Å². The first kappa shape index (κ1) is 9.68. The number of rotatable bonds is 2. The van der Waals surface area contributed by atoms with E-state index in [1.165, 1.54) is 25.1 Å². The molecule has 0 amide bonds. The highest BCUT2D eigenvalue weighted by atomic mass is 15.3. The molecule has 0 bridgehead atoms. The summed E-state index contributed by atoms with van der Waals surface area (Å²) in [7, 11) is 1.99. The zero-order chi connectivity index (χ0) is 9.97. The molecule has 0 saturated carbocycles. The largest absolute Gasteiger partial charge is 0.327 e. The van der Waals surface area contributed by atoms with Gasteiger partial charge in [0.05, 0.1) is 5.69 Å². The molecular weight excluding hydrogens is 176 g/mol. The molecule has 2 rings (SSSR count). The van der Waals surface area contributed by atoms with Gasteiger partial charge in [0.15, 0.2) is 0 Å². The first-order valence-corrected chi connectivity index (χ1v) is 5.20. The van der Waals surface area contributed by atoms with Crippen LogP contribution in [-0.2, 0) is 13.6 Å². The van der Waals surface area contributed by atoms with Crippen LogP contribution in [0.4, 0.5) is 0 Å². The van der Waals surface area contributed by atoms with Crippen molar-refractivity contribution in [2.45, 2.75) is 25.4 Å². The summed E-state index contributed by atoms with van der Waals surface area (Å²) in [6, 6.07) is 2.43. The SMILES string of the molecule is Cn1nccc1CN1CCC[C@H](N)C1. The van der Waals surface area contributed by atoms with E-state index in [1.54, 1.807) is 0 Å². The van der Waals surface area contributed by atoms with Crippen molar-refractivity contribution >= 4 is 0 Å². The van der Waals surface area contributed by atoms with E-state index in [0.29, 0.717) is 6.04 Å². The van der Waals surface area contributed by atoms with Crippen molar-refractivity contribution in [3.63, 3.8) is 0 Å². The van der Waals surface area contributed by atoms with Crippen molar-refractivity contribution in [2.75, 3.05) is 13.1 Å². The van der Waals surface area contributed by atoms with E-state index < -0.39 is 0 Å². The third-order valence-electron chi connectivity index (χ3n) is 2.85. The number of aryl methyl sites for hydroxylation is 1. The molecule has 1 fully saturated rings. The van der Waals surface area contributed by atoms with Crippen LogP contribution in [0.1, 0.15) is 18.5 Å². The summed E-state index contributed by atoms with van der Waals surface area (Å²) in [5.74, 6) is 0. The molecule has 0 radical (unpaired) electrons. The molecule has 4 nitrogen and oxygen atoms in total. The molecule has 1 aliphatic heterocycles. The van der Waals surface area contributed by atoms with Crippen LogP contribution < -0.4 is 5.73 Å². The Hall–Kier alpha value is -0.870. The zero-order valence-corrected chi connectivity index (χ0v) is 8.69. The van der Waals surface area contributed by atoms with E-state index in [0.717, 1.165) is 13.1 Å². The van der Waals surface area contributed by atoms with Crippen LogP contribution in [0.15, 0.2) is 12.3 Å². The fraction of sp³-hybridized carbons (Fsp3) is 0.700. The molecule has 2 heterocycles. The first-order chi connectivity index (χ1) is 6.75. The molecule has 2 N–H and O–H groups in total. The molecular formula is C10H18N4. The maximum absolute atomic E-state index is 5.93. The lowest BCUT2D eigenvalue weighted by Gasteiger charge is -2.30. The molecule has 1 atom stereocenters. The molecule has 0 spiro atoms. The standard InChI is InChI=1S/C10H18N4/c1-13-10(4-5-12-13)8-14-6-2-3-9(11)7-14/h4-5,9H,2-3,6-8,11H2,1H3/t9-/m0/s1. The van der Waals surface area contributed by atoms with Gasteiger partial charge >= 0.3 is 0 Å². The molecule has 4 heteroatoms. The molecule has 0 unspecified atom stereocenters. The Morgan fingerprint density at radius 3 is 3.14 bits per heavy atom. The van der Waals surface area contributed by atoms with Crippen LogP contribution in [0, 0.1) is 0 Å². The molecule has 0 aliphatic carbocycles. The van der Waals surface area contributed by atoms with Gasteiger partial charge < -0.3 is 5.73 Å². The van der Waals surface area contributed by atoms with Crippen molar-refractivity contribution in [1.29, 1.82) is 0 Å². The Labute approximate surface area is 84.7 Å². The Morgan fingerprint density at radius 1 is 1.64 bits per heavy atom. The van der Waals surface area contributed by atoms with Gasteiger partial charge in [-0.1, -0.05) is 0 Å². The fourth-order valence-corrected chi connectivity index (χ4v) is 2.02. The summed E-state index contributed by atoms with van der Waals surface area (Å²) in [6.45, 7) is 3.16. The normalized spacial score (nSPS) is 24.0. The van der Waals surface area contributed by atoms with E-state index in [2.05, 4.69) is 16.1 Å². The van der Waals surface area contributed by atoms with Crippen LogP contribution in [0.5, 0.6) is 0 Å². The Bertz CT molecular complexity index is 294. The maximum Gasteiger partial charge on any atom is 0.0521 e. The summed E-state index contributed by atoms with van der Waals surface area (Å²) >= 11 is 0. The van der Waals surface area contributed by atoms with Crippen molar-refractivity contribution in [1.82, 2.24) is 14.7 Å². The summed E-state index contributed by atoms with van der Waals surface area (Å²) in [6.07, 6.45) is 4.24. The van der Waals surface area contributed by atoms with Gasteiger partial charge in [0.2, 0.25) is 0 Å². The van der Waals surface area contributed by atoms with E-state index in [-0.39, 0.29) is 0 Å². The maximum atomic E-state index is 5.93. The van der Waals surface area contributed by atoms with Crippen molar-refractivity contribution in [3.05, 3.63) is 18.0 Å². The predicted molar refractivity (Wildman–Crippen MR) is 55.7 cm³/mol. The molecule has 78 valence electrons. The monoisotopic (exact) mass is 194 g/mol. The number of nitrogens with two attached hydrogens (primary N) is 1. The van der Waals surface area contributed by atoms with Crippen LogP contribution >= 0.6 is 0 Å². The van der Waals surface area contributed by atoms with E-state index >= 15 is 0 Å². The number of hydrogen-bond donors (Lipinski definition) is 1. The molecule has 0 aromatic carbocycles. The highest BCUT2D eigenvalue weighted by Gasteiger charge is 2.17. The third kappa shape index (κ3) is 2.13. The summed E-state index contributed by atoms with van der Waals surface area (Å²) in [5.41, 5.74) is 7.19. The lowest BCUT2D eigenvalue weighted by Crippen LogP contribution is -2.42. The Kier molecular flexibility index (Phi) is 2.84. The predicted octanol–water partition coefficient (Wildman–Crippen LogP) is 0.343. The van der Waals surface area contributed by atoms with Gasteiger partial charge in [-0.3, -0.25) is 9.58 Å². The summed E-state index contributed by atoms with van der Waals surface area (Å²) in [4.78, 5) is 2.41. The Balaban J connectivity index is 1.94. The second-order valence-electron chi connectivity index (χ2n) is 4.08. The van der Waals surface area contributed by atoms with E-state index in [4.69, 9.17) is 5.73 Å². The lowest BCUT2D eigenvalue weighted by molar-refractivity contribution is 0.197. The van der Waals surface area contributed by atoms with Crippen LogP contribution in [0.25, 0.3) is 0 Å². The van der Waals surface area contributed by atoms with Gasteiger partial charge in [0.1, 0.15) is 0 Å². The average molecular weight is 194 g/mol. The summed E-state index contributed by atoms with van der Waals surface area (Å²) in [5, 5.41) is 4.16. The van der Waals surface area contributed by atoms with Gasteiger partial charge in [0, 0.05) is 32.4 Å². The third-order valence-corrected chi connectivity index (χ3v) is 2.85.